The van der Waals surface area contributed by atoms with Crippen LogP contribution in [0.25, 0.3) is 0 Å². The molecule has 35 heavy (non-hydrogen) atoms. The van der Waals surface area contributed by atoms with Gasteiger partial charge in [-0.25, -0.2) is 8.42 Å². The van der Waals surface area contributed by atoms with Gasteiger partial charge in [0.25, 0.3) is 0 Å². The fourth-order valence-electron chi connectivity index (χ4n) is 4.08. The predicted molar refractivity (Wildman–Crippen MR) is 142 cm³/mol. The minimum Gasteiger partial charge on any atom is -0.354 e. The van der Waals surface area contributed by atoms with Gasteiger partial charge in [-0.15, -0.1) is 0 Å². The fraction of sp³-hybridized carbons (Fsp3) is 0.481. The summed E-state index contributed by atoms with van der Waals surface area (Å²) in [4.78, 5) is 28.0. The van der Waals surface area contributed by atoms with E-state index in [-0.39, 0.29) is 24.8 Å². The van der Waals surface area contributed by atoms with Crippen molar-refractivity contribution in [3.63, 3.8) is 0 Å². The zero-order chi connectivity index (χ0) is 26.0. The van der Waals surface area contributed by atoms with Gasteiger partial charge in [0, 0.05) is 26.1 Å². The van der Waals surface area contributed by atoms with E-state index in [9.17, 15) is 18.0 Å². The van der Waals surface area contributed by atoms with Crippen LogP contribution >= 0.6 is 0 Å². The van der Waals surface area contributed by atoms with Crippen molar-refractivity contribution in [2.75, 3.05) is 23.7 Å². The van der Waals surface area contributed by atoms with Gasteiger partial charge in [-0.1, -0.05) is 56.3 Å². The Morgan fingerprint density at radius 2 is 1.60 bits per heavy atom. The lowest BCUT2D eigenvalue weighted by molar-refractivity contribution is -0.141. The Bertz CT molecular complexity index is 1100. The molecule has 8 heteroatoms. The summed E-state index contributed by atoms with van der Waals surface area (Å²) in [6.45, 7) is 8.81. The molecule has 1 N–H and O–H groups in total. The number of anilines is 1. The van der Waals surface area contributed by atoms with Crippen LogP contribution in [0.1, 0.15) is 56.2 Å². The number of para-hydroxylation sites is 1. The van der Waals surface area contributed by atoms with Crippen LogP contribution in [0.3, 0.4) is 0 Å². The molecule has 1 unspecified atom stereocenters. The number of benzene rings is 2. The summed E-state index contributed by atoms with van der Waals surface area (Å²) >= 11 is 0. The SMILES string of the molecule is CCCNC(=O)C(CC)N(Cc1ccccc1C)C(=O)CCCN(c1ccccc1C)S(C)(=O)=O. The molecule has 2 amide bonds. The highest BCUT2D eigenvalue weighted by molar-refractivity contribution is 7.92. The lowest BCUT2D eigenvalue weighted by Crippen LogP contribution is -2.49. The minimum atomic E-state index is -3.51. The van der Waals surface area contributed by atoms with Gasteiger partial charge >= 0.3 is 0 Å². The number of carbonyl (C=O) groups is 2. The molecule has 0 bridgehead atoms. The molecule has 0 saturated carbocycles. The first-order valence-corrected chi connectivity index (χ1v) is 14.1. The summed E-state index contributed by atoms with van der Waals surface area (Å²) in [6.07, 6.45) is 2.97. The van der Waals surface area contributed by atoms with E-state index < -0.39 is 16.1 Å². The Kier molecular flexibility index (Phi) is 10.8. The summed E-state index contributed by atoms with van der Waals surface area (Å²) in [5.41, 5.74) is 3.51. The maximum atomic E-state index is 13.5. The fourth-order valence-corrected chi connectivity index (χ4v) is 5.11. The second-order valence-electron chi connectivity index (χ2n) is 8.89. The third-order valence-corrected chi connectivity index (χ3v) is 7.25. The molecular formula is C27H39N3O4S. The number of rotatable bonds is 13. The van der Waals surface area contributed by atoms with Gasteiger partial charge < -0.3 is 10.2 Å². The van der Waals surface area contributed by atoms with Crippen molar-refractivity contribution < 1.29 is 18.0 Å². The molecule has 2 rings (SSSR count). The standard InChI is InChI=1S/C27H39N3O4S/c1-6-18-28-27(32)24(7-2)29(20-23-15-10-8-13-21(23)3)26(31)17-12-19-30(35(5,33)34)25-16-11-9-14-22(25)4/h8-11,13-16,24H,6-7,12,17-20H2,1-5H3,(H,28,32). The van der Waals surface area contributed by atoms with Crippen LogP contribution in [0.4, 0.5) is 5.69 Å². The monoisotopic (exact) mass is 501 g/mol. The molecular weight excluding hydrogens is 462 g/mol. The first-order chi connectivity index (χ1) is 16.6. The summed E-state index contributed by atoms with van der Waals surface area (Å²) in [7, 11) is -3.51. The van der Waals surface area contributed by atoms with Crippen molar-refractivity contribution in [3.05, 3.63) is 65.2 Å². The highest BCUT2D eigenvalue weighted by atomic mass is 32.2. The molecule has 0 aromatic heterocycles. The quantitative estimate of drug-likeness (QED) is 0.446. The van der Waals surface area contributed by atoms with Gasteiger partial charge in [0.2, 0.25) is 21.8 Å². The first kappa shape index (κ1) is 28.4. The normalized spacial score (nSPS) is 12.1. The van der Waals surface area contributed by atoms with E-state index in [2.05, 4.69) is 5.32 Å². The predicted octanol–water partition coefficient (Wildman–Crippen LogP) is 4.18. The molecule has 0 radical (unpaired) electrons. The molecule has 1 atom stereocenters. The van der Waals surface area contributed by atoms with Gasteiger partial charge in [0.1, 0.15) is 6.04 Å². The van der Waals surface area contributed by atoms with E-state index in [1.54, 1.807) is 17.0 Å². The molecule has 0 aliphatic heterocycles. The maximum absolute atomic E-state index is 13.5. The number of amides is 2. The average molecular weight is 502 g/mol. The van der Waals surface area contributed by atoms with Crippen LogP contribution in [0.5, 0.6) is 0 Å². The first-order valence-electron chi connectivity index (χ1n) is 12.2. The van der Waals surface area contributed by atoms with Crippen molar-refractivity contribution in [1.82, 2.24) is 10.2 Å². The minimum absolute atomic E-state index is 0.140. The third-order valence-electron chi connectivity index (χ3n) is 6.07. The van der Waals surface area contributed by atoms with Gasteiger partial charge in [-0.3, -0.25) is 13.9 Å². The topological polar surface area (TPSA) is 86.8 Å². The number of hydrogen-bond acceptors (Lipinski definition) is 4. The average Bonchev–Trinajstić information content (AvgIpc) is 2.81. The van der Waals surface area contributed by atoms with Crippen LogP contribution in [0.15, 0.2) is 48.5 Å². The molecule has 0 fully saturated rings. The number of aryl methyl sites for hydroxylation is 2. The van der Waals surface area contributed by atoms with Crippen LogP contribution in [0.2, 0.25) is 0 Å². The third kappa shape index (κ3) is 8.09. The van der Waals surface area contributed by atoms with E-state index in [0.717, 1.165) is 23.1 Å². The number of carbonyl (C=O) groups excluding carboxylic acids is 2. The number of hydrogen-bond donors (Lipinski definition) is 1. The van der Waals surface area contributed by atoms with Crippen molar-refractivity contribution in [2.24, 2.45) is 0 Å². The van der Waals surface area contributed by atoms with Crippen LogP contribution in [-0.4, -0.2) is 50.5 Å². The molecule has 2 aromatic carbocycles. The zero-order valence-corrected chi connectivity index (χ0v) is 22.4. The number of nitrogens with zero attached hydrogens (tertiary/aromatic N) is 2. The summed E-state index contributed by atoms with van der Waals surface area (Å²) in [6, 6.07) is 14.5. The lowest BCUT2D eigenvalue weighted by Gasteiger charge is -2.31. The molecule has 0 saturated heterocycles. The molecule has 0 heterocycles. The zero-order valence-electron chi connectivity index (χ0n) is 21.6. The molecule has 192 valence electrons. The second-order valence-corrected chi connectivity index (χ2v) is 10.8. The Morgan fingerprint density at radius 1 is 0.971 bits per heavy atom. The van der Waals surface area contributed by atoms with Crippen LogP contribution in [-0.2, 0) is 26.2 Å². The summed E-state index contributed by atoms with van der Waals surface area (Å²) < 4.78 is 26.3. The van der Waals surface area contributed by atoms with Crippen molar-refractivity contribution in [3.8, 4) is 0 Å². The molecule has 0 aliphatic rings. The Hall–Kier alpha value is -2.87. The van der Waals surface area contributed by atoms with E-state index in [4.69, 9.17) is 0 Å². The Morgan fingerprint density at radius 3 is 2.17 bits per heavy atom. The van der Waals surface area contributed by atoms with E-state index in [0.29, 0.717) is 31.6 Å². The highest BCUT2D eigenvalue weighted by Gasteiger charge is 2.29. The maximum Gasteiger partial charge on any atom is 0.242 e. The smallest absolute Gasteiger partial charge is 0.242 e. The van der Waals surface area contributed by atoms with E-state index >= 15 is 0 Å². The van der Waals surface area contributed by atoms with E-state index in [1.165, 1.54) is 10.6 Å². The van der Waals surface area contributed by atoms with Crippen molar-refractivity contribution in [1.29, 1.82) is 0 Å². The second kappa shape index (κ2) is 13.3. The van der Waals surface area contributed by atoms with Gasteiger partial charge in [0.05, 0.1) is 11.9 Å². The molecule has 7 nitrogen and oxygen atoms in total. The largest absolute Gasteiger partial charge is 0.354 e. The lowest BCUT2D eigenvalue weighted by atomic mass is 10.1. The Labute approximate surface area is 210 Å². The van der Waals surface area contributed by atoms with Gasteiger partial charge in [-0.2, -0.15) is 0 Å². The molecule has 0 spiro atoms. The van der Waals surface area contributed by atoms with Crippen molar-refractivity contribution >= 4 is 27.5 Å². The number of sulfonamides is 1. The summed E-state index contributed by atoms with van der Waals surface area (Å²) in [5.74, 6) is -0.320. The molecule has 0 aliphatic carbocycles. The van der Waals surface area contributed by atoms with Crippen molar-refractivity contribution in [2.45, 2.75) is 66.0 Å². The number of nitrogens with one attached hydrogen (secondary N) is 1. The van der Waals surface area contributed by atoms with E-state index in [1.807, 2.05) is 64.1 Å². The van der Waals surface area contributed by atoms with Gasteiger partial charge in [-0.05, 0) is 55.9 Å². The summed E-state index contributed by atoms with van der Waals surface area (Å²) in [5, 5.41) is 2.92. The van der Waals surface area contributed by atoms with Gasteiger partial charge in [0.15, 0.2) is 0 Å². The Balaban J connectivity index is 2.22. The molecule has 2 aromatic rings. The van der Waals surface area contributed by atoms with Crippen LogP contribution in [0, 0.1) is 13.8 Å². The van der Waals surface area contributed by atoms with Crippen LogP contribution < -0.4 is 9.62 Å². The highest BCUT2D eigenvalue weighted by Crippen LogP contribution is 2.23.